The van der Waals surface area contributed by atoms with Gasteiger partial charge < -0.3 is 9.88 Å². The number of halogens is 1. The Bertz CT molecular complexity index is 917. The molecule has 0 radical (unpaired) electrons. The van der Waals surface area contributed by atoms with E-state index in [4.69, 9.17) is 0 Å². The van der Waals surface area contributed by atoms with Crippen LogP contribution >= 0.6 is 0 Å². The van der Waals surface area contributed by atoms with E-state index in [2.05, 4.69) is 14.9 Å². The van der Waals surface area contributed by atoms with Crippen molar-refractivity contribution < 1.29 is 9.18 Å². The quantitative estimate of drug-likeness (QED) is 0.774. The number of piperazine rings is 1. The van der Waals surface area contributed by atoms with Crippen LogP contribution in [0.1, 0.15) is 15.9 Å². The second-order valence-electron chi connectivity index (χ2n) is 6.72. The van der Waals surface area contributed by atoms with Crippen LogP contribution in [0, 0.1) is 5.82 Å². The summed E-state index contributed by atoms with van der Waals surface area (Å²) in [4.78, 5) is 24.3. The molecular formula is C21H21FN4O. The third kappa shape index (κ3) is 4.06. The van der Waals surface area contributed by atoms with Crippen molar-refractivity contribution >= 4 is 5.91 Å². The first kappa shape index (κ1) is 17.4. The number of H-pyrrole nitrogens is 1. The molecule has 0 atom stereocenters. The number of nitrogens with zero attached hydrogens (tertiary/aromatic N) is 3. The van der Waals surface area contributed by atoms with E-state index >= 15 is 0 Å². The predicted molar refractivity (Wildman–Crippen MR) is 102 cm³/mol. The normalized spacial score (nSPS) is 15.1. The fourth-order valence-electron chi connectivity index (χ4n) is 3.41. The molecule has 0 saturated carbocycles. The maximum Gasteiger partial charge on any atom is 0.253 e. The van der Waals surface area contributed by atoms with Crippen molar-refractivity contribution in [3.05, 3.63) is 77.9 Å². The van der Waals surface area contributed by atoms with Gasteiger partial charge in [-0.05, 0) is 29.8 Å². The molecule has 27 heavy (non-hydrogen) atoms. The van der Waals surface area contributed by atoms with Gasteiger partial charge in [0.05, 0.1) is 0 Å². The van der Waals surface area contributed by atoms with Gasteiger partial charge in [0.25, 0.3) is 5.91 Å². The number of imidazole rings is 1. The minimum Gasteiger partial charge on any atom is -0.345 e. The standard InChI is InChI=1S/C21H21FN4O/c22-19-6-1-3-16(13-19)15-25-9-11-26(12-10-25)21(27)18-5-2-4-17(14-18)20-23-7-8-24-20/h1-8,13-14H,9-12,15H2,(H,23,24). The van der Waals surface area contributed by atoms with Gasteiger partial charge in [0.2, 0.25) is 0 Å². The number of amides is 1. The molecule has 4 rings (SSSR count). The van der Waals surface area contributed by atoms with Crippen molar-refractivity contribution in [1.29, 1.82) is 0 Å². The van der Waals surface area contributed by atoms with Gasteiger partial charge in [0.1, 0.15) is 11.6 Å². The zero-order valence-corrected chi connectivity index (χ0v) is 14.9. The fourth-order valence-corrected chi connectivity index (χ4v) is 3.41. The third-order valence-corrected chi connectivity index (χ3v) is 4.84. The number of aromatic amines is 1. The van der Waals surface area contributed by atoms with Crippen LogP contribution in [-0.4, -0.2) is 51.9 Å². The van der Waals surface area contributed by atoms with E-state index in [0.717, 1.165) is 30.0 Å². The molecule has 138 valence electrons. The van der Waals surface area contributed by atoms with Crippen LogP contribution in [0.3, 0.4) is 0 Å². The van der Waals surface area contributed by atoms with Crippen molar-refractivity contribution in [3.63, 3.8) is 0 Å². The summed E-state index contributed by atoms with van der Waals surface area (Å²) in [7, 11) is 0. The molecule has 1 fully saturated rings. The first-order valence-corrected chi connectivity index (χ1v) is 9.05. The molecular weight excluding hydrogens is 343 g/mol. The molecule has 1 amide bonds. The average Bonchev–Trinajstić information content (AvgIpc) is 3.23. The van der Waals surface area contributed by atoms with E-state index in [1.54, 1.807) is 24.5 Å². The topological polar surface area (TPSA) is 52.2 Å². The number of hydrogen-bond donors (Lipinski definition) is 1. The van der Waals surface area contributed by atoms with E-state index in [0.29, 0.717) is 25.2 Å². The van der Waals surface area contributed by atoms with Crippen molar-refractivity contribution in [2.75, 3.05) is 26.2 Å². The molecule has 5 nitrogen and oxygen atoms in total. The van der Waals surface area contributed by atoms with Crippen LogP contribution in [0.15, 0.2) is 60.9 Å². The lowest BCUT2D eigenvalue weighted by molar-refractivity contribution is 0.0628. The van der Waals surface area contributed by atoms with Gasteiger partial charge in [0, 0.05) is 56.2 Å². The number of carbonyl (C=O) groups excluding carboxylic acids is 1. The Balaban J connectivity index is 1.38. The predicted octanol–water partition coefficient (Wildman–Crippen LogP) is 3.17. The first-order chi connectivity index (χ1) is 13.2. The van der Waals surface area contributed by atoms with Crippen molar-refractivity contribution in [1.82, 2.24) is 19.8 Å². The number of rotatable bonds is 4. The first-order valence-electron chi connectivity index (χ1n) is 9.05. The number of nitrogens with one attached hydrogen (secondary N) is 1. The van der Waals surface area contributed by atoms with Crippen LogP contribution in [0.25, 0.3) is 11.4 Å². The van der Waals surface area contributed by atoms with Crippen molar-refractivity contribution in [2.45, 2.75) is 6.54 Å². The Kier molecular flexibility index (Phi) is 4.98. The molecule has 2 aromatic carbocycles. The fraction of sp³-hybridized carbons (Fsp3) is 0.238. The van der Waals surface area contributed by atoms with Crippen LogP contribution in [-0.2, 0) is 6.54 Å². The lowest BCUT2D eigenvalue weighted by atomic mass is 10.1. The maximum atomic E-state index is 13.3. The second kappa shape index (κ2) is 7.72. The number of carbonyl (C=O) groups is 1. The van der Waals surface area contributed by atoms with E-state index in [-0.39, 0.29) is 11.7 Å². The third-order valence-electron chi connectivity index (χ3n) is 4.84. The summed E-state index contributed by atoms with van der Waals surface area (Å²) in [6.07, 6.45) is 3.46. The molecule has 1 saturated heterocycles. The molecule has 2 heterocycles. The van der Waals surface area contributed by atoms with Crippen molar-refractivity contribution in [2.24, 2.45) is 0 Å². The smallest absolute Gasteiger partial charge is 0.253 e. The van der Waals surface area contributed by atoms with Crippen LogP contribution in [0.4, 0.5) is 4.39 Å². The Hall–Kier alpha value is -2.99. The van der Waals surface area contributed by atoms with Crippen LogP contribution in [0.5, 0.6) is 0 Å². The molecule has 1 aliphatic heterocycles. The average molecular weight is 364 g/mol. The molecule has 1 N–H and O–H groups in total. The van der Waals surface area contributed by atoms with E-state index in [1.165, 1.54) is 6.07 Å². The molecule has 1 aliphatic rings. The summed E-state index contributed by atoms with van der Waals surface area (Å²) in [5.41, 5.74) is 2.53. The SMILES string of the molecule is O=C(c1cccc(-c2ncc[nH]2)c1)N1CCN(Cc2cccc(F)c2)CC1. The highest BCUT2D eigenvalue weighted by Gasteiger charge is 2.22. The van der Waals surface area contributed by atoms with Gasteiger partial charge in [-0.25, -0.2) is 9.37 Å². The summed E-state index contributed by atoms with van der Waals surface area (Å²) in [5.74, 6) is 0.580. The zero-order valence-electron chi connectivity index (χ0n) is 14.9. The Morgan fingerprint density at radius 1 is 1.07 bits per heavy atom. The Labute approximate surface area is 157 Å². The lowest BCUT2D eigenvalue weighted by Crippen LogP contribution is -2.48. The summed E-state index contributed by atoms with van der Waals surface area (Å²) in [6, 6.07) is 14.2. The van der Waals surface area contributed by atoms with Gasteiger partial charge in [-0.1, -0.05) is 24.3 Å². The zero-order chi connectivity index (χ0) is 18.6. The minimum atomic E-state index is -0.210. The summed E-state index contributed by atoms with van der Waals surface area (Å²) >= 11 is 0. The van der Waals surface area contributed by atoms with E-state index < -0.39 is 0 Å². The largest absolute Gasteiger partial charge is 0.345 e. The number of benzene rings is 2. The van der Waals surface area contributed by atoms with Gasteiger partial charge in [-0.2, -0.15) is 0 Å². The highest BCUT2D eigenvalue weighted by atomic mass is 19.1. The Morgan fingerprint density at radius 3 is 2.63 bits per heavy atom. The molecule has 0 bridgehead atoms. The molecule has 0 unspecified atom stereocenters. The maximum absolute atomic E-state index is 13.3. The van der Waals surface area contributed by atoms with Crippen LogP contribution < -0.4 is 0 Å². The van der Waals surface area contributed by atoms with Crippen LogP contribution in [0.2, 0.25) is 0 Å². The lowest BCUT2D eigenvalue weighted by Gasteiger charge is -2.34. The number of hydrogen-bond acceptors (Lipinski definition) is 3. The van der Waals surface area contributed by atoms with Gasteiger partial charge in [-0.3, -0.25) is 9.69 Å². The van der Waals surface area contributed by atoms with E-state index in [9.17, 15) is 9.18 Å². The van der Waals surface area contributed by atoms with Gasteiger partial charge >= 0.3 is 0 Å². The minimum absolute atomic E-state index is 0.0359. The van der Waals surface area contributed by atoms with Crippen molar-refractivity contribution in [3.8, 4) is 11.4 Å². The molecule has 6 heteroatoms. The molecule has 1 aromatic heterocycles. The van der Waals surface area contributed by atoms with Gasteiger partial charge in [0.15, 0.2) is 0 Å². The molecule has 0 spiro atoms. The summed E-state index contributed by atoms with van der Waals surface area (Å²) < 4.78 is 13.3. The summed E-state index contributed by atoms with van der Waals surface area (Å²) in [6.45, 7) is 3.59. The van der Waals surface area contributed by atoms with E-state index in [1.807, 2.05) is 35.2 Å². The second-order valence-corrected chi connectivity index (χ2v) is 6.72. The molecule has 0 aliphatic carbocycles. The highest BCUT2D eigenvalue weighted by Crippen LogP contribution is 2.18. The summed E-state index contributed by atoms with van der Waals surface area (Å²) in [5, 5.41) is 0. The monoisotopic (exact) mass is 364 g/mol. The highest BCUT2D eigenvalue weighted by molar-refractivity contribution is 5.95. The Morgan fingerprint density at radius 2 is 1.89 bits per heavy atom. The molecule has 3 aromatic rings. The number of aromatic nitrogens is 2. The van der Waals surface area contributed by atoms with Gasteiger partial charge in [-0.15, -0.1) is 0 Å².